The van der Waals surface area contributed by atoms with Gasteiger partial charge in [-0.2, -0.15) is 0 Å². The predicted molar refractivity (Wildman–Crippen MR) is 122 cm³/mol. The van der Waals surface area contributed by atoms with Crippen LogP contribution >= 0.6 is 0 Å². The summed E-state index contributed by atoms with van der Waals surface area (Å²) in [6, 6.07) is 1.88. The van der Waals surface area contributed by atoms with Gasteiger partial charge < -0.3 is 31.3 Å². The number of Topliss-reactive ketones (excluding diaryl/α,β-unsaturated/α-hetero) is 2. The highest BCUT2D eigenvalue weighted by Gasteiger charge is 2.51. The first kappa shape index (κ1) is 22.8. The molecule has 3 aliphatic carbocycles. The monoisotopic (exact) mass is 455 g/mol. The van der Waals surface area contributed by atoms with Crippen LogP contribution in [0.25, 0.3) is 5.76 Å². The number of allylic oxidation sites excluding steroid dienone is 2. The molecule has 6 N–H and O–H groups in total. The zero-order valence-electron chi connectivity index (χ0n) is 18.9. The first-order valence-electron chi connectivity index (χ1n) is 11.1. The van der Waals surface area contributed by atoms with Crippen molar-refractivity contribution in [1.29, 1.82) is 0 Å². The molecule has 0 radical (unpaired) electrons. The van der Waals surface area contributed by atoms with Crippen molar-refractivity contribution in [2.75, 3.05) is 25.5 Å². The van der Waals surface area contributed by atoms with Crippen molar-refractivity contribution in [3.05, 3.63) is 39.7 Å². The van der Waals surface area contributed by atoms with E-state index in [4.69, 9.17) is 5.73 Å². The molecule has 3 aliphatic rings. The standard InChI is InChI=1S/C24H29N3O6/c1-4-26-9-12-7-14(27(2)3)13-6-10-5-11-8-15(28)19(24(25)33)23(32)17(11)21(30)16(10)22(31)18(13)20(12)29/h7,10-11,17,26,29,31-32H,4-6,8-9H2,1-3H3,(H2,25,33). The number of benzene rings is 1. The van der Waals surface area contributed by atoms with Crippen LogP contribution in [-0.4, -0.2) is 53.4 Å². The molecular weight excluding hydrogens is 426 g/mol. The maximum absolute atomic E-state index is 13.5. The lowest BCUT2D eigenvalue weighted by Gasteiger charge is -2.41. The second-order valence-electron chi connectivity index (χ2n) is 9.18. The van der Waals surface area contributed by atoms with E-state index in [-0.39, 0.29) is 35.0 Å². The summed E-state index contributed by atoms with van der Waals surface area (Å²) in [6.45, 7) is 3.02. The smallest absolute Gasteiger partial charge is 0.255 e. The summed E-state index contributed by atoms with van der Waals surface area (Å²) in [4.78, 5) is 39.5. The molecule has 0 spiro atoms. The molecule has 0 aromatic heterocycles. The Morgan fingerprint density at radius 2 is 1.91 bits per heavy atom. The summed E-state index contributed by atoms with van der Waals surface area (Å²) in [7, 11) is 3.74. The molecule has 0 aliphatic heterocycles. The minimum atomic E-state index is -1.11. The van der Waals surface area contributed by atoms with E-state index in [9.17, 15) is 29.7 Å². The number of anilines is 1. The Hall–Kier alpha value is -3.33. The summed E-state index contributed by atoms with van der Waals surface area (Å²) in [5.74, 6) is -5.16. The fourth-order valence-corrected chi connectivity index (χ4v) is 5.54. The van der Waals surface area contributed by atoms with Crippen molar-refractivity contribution in [3.63, 3.8) is 0 Å². The number of amides is 1. The number of carbonyl (C=O) groups is 3. The number of primary amides is 1. The molecule has 0 bridgehead atoms. The number of fused-ring (bicyclic) bond motifs is 3. The Kier molecular flexibility index (Phi) is 5.69. The Balaban J connectivity index is 1.89. The van der Waals surface area contributed by atoms with E-state index >= 15 is 0 Å². The number of aliphatic hydroxyl groups is 2. The molecule has 0 saturated heterocycles. The van der Waals surface area contributed by atoms with Gasteiger partial charge in [0, 0.05) is 43.9 Å². The number of hydrogen-bond acceptors (Lipinski definition) is 8. The molecule has 1 fully saturated rings. The van der Waals surface area contributed by atoms with Crippen molar-refractivity contribution in [2.24, 2.45) is 23.5 Å². The largest absolute Gasteiger partial charge is 0.511 e. The zero-order chi connectivity index (χ0) is 24.2. The Labute approximate surface area is 191 Å². The van der Waals surface area contributed by atoms with E-state index in [0.29, 0.717) is 31.5 Å². The Bertz CT molecular complexity index is 1130. The number of nitrogens with one attached hydrogen (secondary N) is 1. The van der Waals surface area contributed by atoms with Gasteiger partial charge in [-0.1, -0.05) is 6.92 Å². The second-order valence-corrected chi connectivity index (χ2v) is 9.18. The number of aromatic hydroxyl groups is 1. The summed E-state index contributed by atoms with van der Waals surface area (Å²) < 4.78 is 0. The lowest BCUT2D eigenvalue weighted by molar-refractivity contribution is -0.127. The van der Waals surface area contributed by atoms with Crippen LogP contribution in [-0.2, 0) is 27.3 Å². The number of phenols is 1. The summed E-state index contributed by atoms with van der Waals surface area (Å²) >= 11 is 0. The number of rotatable bonds is 5. The molecule has 9 heteroatoms. The van der Waals surface area contributed by atoms with E-state index in [2.05, 4.69) is 5.32 Å². The van der Waals surface area contributed by atoms with Crippen LogP contribution in [0.15, 0.2) is 23.0 Å². The van der Waals surface area contributed by atoms with Gasteiger partial charge in [0.05, 0.1) is 11.5 Å². The summed E-state index contributed by atoms with van der Waals surface area (Å²) in [5, 5.41) is 36.1. The van der Waals surface area contributed by atoms with Crippen LogP contribution < -0.4 is 16.0 Å². The fourth-order valence-electron chi connectivity index (χ4n) is 5.54. The van der Waals surface area contributed by atoms with Gasteiger partial charge in [0.15, 0.2) is 11.6 Å². The van der Waals surface area contributed by atoms with Crippen LogP contribution in [0.2, 0.25) is 0 Å². The number of nitrogens with zero attached hydrogens (tertiary/aromatic N) is 1. The van der Waals surface area contributed by atoms with Gasteiger partial charge in [-0.25, -0.2) is 0 Å². The minimum absolute atomic E-state index is 0.0659. The molecule has 1 amide bonds. The van der Waals surface area contributed by atoms with E-state index < -0.39 is 40.6 Å². The van der Waals surface area contributed by atoms with Gasteiger partial charge in [0.2, 0.25) is 0 Å². The molecule has 4 rings (SSSR count). The van der Waals surface area contributed by atoms with Gasteiger partial charge in [0.1, 0.15) is 22.8 Å². The van der Waals surface area contributed by atoms with Gasteiger partial charge in [-0.05, 0) is 42.9 Å². The van der Waals surface area contributed by atoms with Crippen molar-refractivity contribution in [3.8, 4) is 5.75 Å². The average Bonchev–Trinajstić information content (AvgIpc) is 2.71. The highest BCUT2D eigenvalue weighted by molar-refractivity contribution is 6.21. The molecule has 1 saturated carbocycles. The molecule has 0 heterocycles. The Morgan fingerprint density at radius 3 is 2.52 bits per heavy atom. The van der Waals surface area contributed by atoms with Crippen LogP contribution in [0, 0.1) is 17.8 Å². The highest BCUT2D eigenvalue weighted by Crippen LogP contribution is 2.52. The minimum Gasteiger partial charge on any atom is -0.511 e. The third-order valence-corrected chi connectivity index (χ3v) is 6.99. The van der Waals surface area contributed by atoms with Crippen molar-refractivity contribution in [2.45, 2.75) is 32.7 Å². The van der Waals surface area contributed by atoms with Crippen molar-refractivity contribution >= 4 is 28.9 Å². The second kappa shape index (κ2) is 8.22. The molecule has 9 nitrogen and oxygen atoms in total. The van der Waals surface area contributed by atoms with E-state index in [1.165, 1.54) is 0 Å². The topological polar surface area (TPSA) is 153 Å². The highest BCUT2D eigenvalue weighted by atomic mass is 16.3. The zero-order valence-corrected chi connectivity index (χ0v) is 18.9. The molecule has 176 valence electrons. The van der Waals surface area contributed by atoms with E-state index in [0.717, 1.165) is 11.3 Å². The number of hydrogen-bond donors (Lipinski definition) is 5. The quantitative estimate of drug-likeness (QED) is 0.419. The van der Waals surface area contributed by atoms with Crippen LogP contribution in [0.3, 0.4) is 0 Å². The third-order valence-electron chi connectivity index (χ3n) is 6.99. The molecule has 3 atom stereocenters. The number of phenolic OH excluding ortho intramolecular Hbond substituents is 1. The molecule has 33 heavy (non-hydrogen) atoms. The van der Waals surface area contributed by atoms with Crippen LogP contribution in [0.4, 0.5) is 5.69 Å². The lowest BCUT2D eigenvalue weighted by Crippen LogP contribution is -2.44. The number of carbonyl (C=O) groups excluding carboxylic acids is 3. The molecule has 1 aromatic rings. The molecule has 1 aromatic carbocycles. The van der Waals surface area contributed by atoms with E-state index in [1.54, 1.807) is 0 Å². The lowest BCUT2D eigenvalue weighted by atomic mass is 9.61. The predicted octanol–water partition coefficient (Wildman–Crippen LogP) is 1.48. The van der Waals surface area contributed by atoms with E-state index in [1.807, 2.05) is 32.0 Å². The number of ketones is 2. The fraction of sp³-hybridized carbons (Fsp3) is 0.458. The Morgan fingerprint density at radius 1 is 1.21 bits per heavy atom. The SMILES string of the molecule is CCNCc1cc(N(C)C)c2c(c1O)C(O)=C1C(=O)C3C(O)=C(C(N)=O)C(=O)CC3CC1C2. The number of aliphatic hydroxyl groups excluding tert-OH is 2. The van der Waals surface area contributed by atoms with Crippen LogP contribution in [0.5, 0.6) is 5.75 Å². The third kappa shape index (κ3) is 3.47. The average molecular weight is 456 g/mol. The molecular formula is C24H29N3O6. The summed E-state index contributed by atoms with van der Waals surface area (Å²) in [6.07, 6.45) is 0.709. The van der Waals surface area contributed by atoms with Gasteiger partial charge in [-0.3, -0.25) is 14.4 Å². The summed E-state index contributed by atoms with van der Waals surface area (Å²) in [5.41, 5.74) is 7.22. The first-order valence-corrected chi connectivity index (χ1v) is 11.1. The van der Waals surface area contributed by atoms with Gasteiger partial charge in [0.25, 0.3) is 5.91 Å². The molecule has 3 unspecified atom stereocenters. The maximum atomic E-state index is 13.5. The van der Waals surface area contributed by atoms with Crippen LogP contribution in [0.1, 0.15) is 36.5 Å². The van der Waals surface area contributed by atoms with Gasteiger partial charge in [-0.15, -0.1) is 0 Å². The maximum Gasteiger partial charge on any atom is 0.255 e. The van der Waals surface area contributed by atoms with Crippen molar-refractivity contribution in [1.82, 2.24) is 5.32 Å². The number of nitrogens with two attached hydrogens (primary N) is 1. The normalized spacial score (nSPS) is 24.4. The van der Waals surface area contributed by atoms with Crippen molar-refractivity contribution < 1.29 is 29.7 Å². The first-order chi connectivity index (χ1) is 15.6. The van der Waals surface area contributed by atoms with Gasteiger partial charge >= 0.3 is 0 Å².